The molecular formula is C19H37IN4O. The molecule has 6 heteroatoms. The second-order valence-electron chi connectivity index (χ2n) is 7.76. The number of aliphatic imine (C=N–C) groups is 1. The van der Waals surface area contributed by atoms with Crippen LogP contribution in [-0.2, 0) is 4.74 Å². The van der Waals surface area contributed by atoms with Gasteiger partial charge in [0.1, 0.15) is 0 Å². The molecule has 1 saturated carbocycles. The maximum Gasteiger partial charge on any atom is 0.193 e. The van der Waals surface area contributed by atoms with Gasteiger partial charge in [-0.2, -0.15) is 0 Å². The lowest BCUT2D eigenvalue weighted by Crippen LogP contribution is -2.47. The van der Waals surface area contributed by atoms with Crippen molar-refractivity contribution in [2.75, 3.05) is 53.0 Å². The van der Waals surface area contributed by atoms with Gasteiger partial charge in [0.25, 0.3) is 0 Å². The fourth-order valence-electron chi connectivity index (χ4n) is 4.59. The van der Waals surface area contributed by atoms with Crippen LogP contribution in [0.15, 0.2) is 4.99 Å². The average Bonchev–Trinajstić information content (AvgIpc) is 3.13. The average molecular weight is 464 g/mol. The van der Waals surface area contributed by atoms with Gasteiger partial charge in [0.15, 0.2) is 5.96 Å². The molecule has 0 spiro atoms. The molecule has 1 atom stereocenters. The predicted molar refractivity (Wildman–Crippen MR) is 115 cm³/mol. The molecule has 2 saturated heterocycles. The smallest absolute Gasteiger partial charge is 0.193 e. The van der Waals surface area contributed by atoms with Gasteiger partial charge in [-0.25, -0.2) is 0 Å². The quantitative estimate of drug-likeness (QED) is 0.395. The molecule has 2 aliphatic heterocycles. The Balaban J connectivity index is 0.00000225. The van der Waals surface area contributed by atoms with Crippen LogP contribution >= 0.6 is 24.0 Å². The van der Waals surface area contributed by atoms with Gasteiger partial charge in [-0.3, -0.25) is 9.89 Å². The molecule has 0 aromatic heterocycles. The van der Waals surface area contributed by atoms with Crippen LogP contribution in [0.2, 0.25) is 0 Å². The summed E-state index contributed by atoms with van der Waals surface area (Å²) in [5.41, 5.74) is 0. The molecule has 3 fully saturated rings. The lowest BCUT2D eigenvalue weighted by Gasteiger charge is -2.32. The number of morpholine rings is 1. The summed E-state index contributed by atoms with van der Waals surface area (Å²) in [4.78, 5) is 9.61. The summed E-state index contributed by atoms with van der Waals surface area (Å²) in [6.45, 7) is 9.64. The van der Waals surface area contributed by atoms with Crippen molar-refractivity contribution in [2.45, 2.75) is 51.5 Å². The molecule has 146 valence electrons. The van der Waals surface area contributed by atoms with Crippen molar-refractivity contribution >= 4 is 29.9 Å². The first-order valence-corrected chi connectivity index (χ1v) is 10.1. The van der Waals surface area contributed by atoms with E-state index < -0.39 is 0 Å². The standard InChI is InChI=1S/C19H36N4O.HI/c1-3-16-4-6-17(7-5-16)14-21-19(20-2)23-9-8-18(15-23)22-10-12-24-13-11-22;/h16-18H,3-15H2,1-2H3,(H,20,21);1H. The van der Waals surface area contributed by atoms with Crippen LogP contribution < -0.4 is 5.32 Å². The van der Waals surface area contributed by atoms with Gasteiger partial charge in [0.2, 0.25) is 0 Å². The monoisotopic (exact) mass is 464 g/mol. The van der Waals surface area contributed by atoms with Crippen LogP contribution in [-0.4, -0.2) is 74.8 Å². The van der Waals surface area contributed by atoms with Crippen LogP contribution in [0.3, 0.4) is 0 Å². The van der Waals surface area contributed by atoms with Gasteiger partial charge in [0, 0.05) is 45.8 Å². The molecule has 5 nitrogen and oxygen atoms in total. The van der Waals surface area contributed by atoms with Crippen LogP contribution in [0, 0.1) is 11.8 Å². The fourth-order valence-corrected chi connectivity index (χ4v) is 4.59. The van der Waals surface area contributed by atoms with Gasteiger partial charge in [-0.15, -0.1) is 24.0 Å². The summed E-state index contributed by atoms with van der Waals surface area (Å²) >= 11 is 0. The highest BCUT2D eigenvalue weighted by Crippen LogP contribution is 2.30. The second-order valence-corrected chi connectivity index (χ2v) is 7.76. The molecule has 1 aliphatic carbocycles. The molecule has 25 heavy (non-hydrogen) atoms. The van der Waals surface area contributed by atoms with Crippen molar-refractivity contribution in [3.8, 4) is 0 Å². The fraction of sp³-hybridized carbons (Fsp3) is 0.947. The summed E-state index contributed by atoms with van der Waals surface area (Å²) in [6, 6.07) is 0.674. The molecule has 3 rings (SSSR count). The Hall–Kier alpha value is -0.0800. The zero-order chi connectivity index (χ0) is 16.8. The molecule has 0 amide bonds. The third kappa shape index (κ3) is 5.96. The largest absolute Gasteiger partial charge is 0.379 e. The maximum absolute atomic E-state index is 5.48. The number of halogens is 1. The summed E-state index contributed by atoms with van der Waals surface area (Å²) in [7, 11) is 1.93. The molecule has 2 heterocycles. The minimum absolute atomic E-state index is 0. The van der Waals surface area contributed by atoms with E-state index >= 15 is 0 Å². The van der Waals surface area contributed by atoms with E-state index in [4.69, 9.17) is 4.74 Å². The number of guanidine groups is 1. The van der Waals surface area contributed by atoms with Gasteiger partial charge >= 0.3 is 0 Å². The Morgan fingerprint density at radius 1 is 1.04 bits per heavy atom. The van der Waals surface area contributed by atoms with Crippen molar-refractivity contribution in [1.29, 1.82) is 0 Å². The third-order valence-electron chi connectivity index (χ3n) is 6.33. The second kappa shape index (κ2) is 10.9. The summed E-state index contributed by atoms with van der Waals surface area (Å²) < 4.78 is 5.48. The number of hydrogen-bond donors (Lipinski definition) is 1. The van der Waals surface area contributed by atoms with Crippen LogP contribution in [0.5, 0.6) is 0 Å². The molecule has 0 bridgehead atoms. The Morgan fingerprint density at radius 3 is 2.36 bits per heavy atom. The molecule has 0 aromatic carbocycles. The highest BCUT2D eigenvalue weighted by Gasteiger charge is 2.30. The number of likely N-dealkylation sites (tertiary alicyclic amines) is 1. The van der Waals surface area contributed by atoms with E-state index in [1.807, 2.05) is 7.05 Å². The van der Waals surface area contributed by atoms with Crippen molar-refractivity contribution in [3.05, 3.63) is 0 Å². The number of ether oxygens (including phenoxy) is 1. The van der Waals surface area contributed by atoms with Crippen molar-refractivity contribution < 1.29 is 4.74 Å². The van der Waals surface area contributed by atoms with E-state index in [-0.39, 0.29) is 24.0 Å². The molecule has 0 radical (unpaired) electrons. The van der Waals surface area contributed by atoms with Crippen LogP contribution in [0.1, 0.15) is 45.4 Å². The van der Waals surface area contributed by atoms with E-state index in [0.29, 0.717) is 6.04 Å². The Bertz CT molecular complexity index is 406. The summed E-state index contributed by atoms with van der Waals surface area (Å²) in [6.07, 6.45) is 8.23. The normalized spacial score (nSPS) is 31.7. The Kier molecular flexibility index (Phi) is 9.27. The molecule has 1 N–H and O–H groups in total. The highest BCUT2D eigenvalue weighted by atomic mass is 127. The maximum atomic E-state index is 5.48. The van der Waals surface area contributed by atoms with Gasteiger partial charge < -0.3 is 15.0 Å². The number of nitrogens with one attached hydrogen (secondary N) is 1. The minimum atomic E-state index is 0. The van der Waals surface area contributed by atoms with Crippen molar-refractivity contribution in [1.82, 2.24) is 15.1 Å². The summed E-state index contributed by atoms with van der Waals surface area (Å²) in [5, 5.41) is 3.67. The SMILES string of the molecule is CCC1CCC(CNC(=NC)N2CCC(N3CCOCC3)C2)CC1.I. The van der Waals surface area contributed by atoms with Crippen molar-refractivity contribution in [2.24, 2.45) is 16.8 Å². The number of rotatable bonds is 4. The van der Waals surface area contributed by atoms with E-state index in [0.717, 1.165) is 63.7 Å². The van der Waals surface area contributed by atoms with E-state index in [1.165, 1.54) is 38.5 Å². The minimum Gasteiger partial charge on any atom is -0.379 e. The number of nitrogens with zero attached hydrogens (tertiary/aromatic N) is 3. The highest BCUT2D eigenvalue weighted by molar-refractivity contribution is 14.0. The molecule has 3 aliphatic rings. The first-order valence-electron chi connectivity index (χ1n) is 10.1. The third-order valence-corrected chi connectivity index (χ3v) is 6.33. The van der Waals surface area contributed by atoms with Gasteiger partial charge in [-0.05, 0) is 31.1 Å². The lowest BCUT2D eigenvalue weighted by atomic mass is 9.81. The van der Waals surface area contributed by atoms with Crippen LogP contribution in [0.25, 0.3) is 0 Å². The predicted octanol–water partition coefficient (Wildman–Crippen LogP) is 2.80. The first kappa shape index (κ1) is 21.2. The molecule has 1 unspecified atom stereocenters. The van der Waals surface area contributed by atoms with Crippen molar-refractivity contribution in [3.63, 3.8) is 0 Å². The zero-order valence-corrected chi connectivity index (χ0v) is 18.4. The summed E-state index contributed by atoms with van der Waals surface area (Å²) in [5.74, 6) is 2.93. The topological polar surface area (TPSA) is 40.1 Å². The number of hydrogen-bond acceptors (Lipinski definition) is 3. The molecular weight excluding hydrogens is 427 g/mol. The Labute approximate surface area is 171 Å². The lowest BCUT2D eigenvalue weighted by molar-refractivity contribution is 0.0195. The Morgan fingerprint density at radius 2 is 1.72 bits per heavy atom. The zero-order valence-electron chi connectivity index (χ0n) is 16.1. The van der Waals surface area contributed by atoms with E-state index in [1.54, 1.807) is 0 Å². The van der Waals surface area contributed by atoms with Gasteiger partial charge in [0.05, 0.1) is 13.2 Å². The molecule has 0 aromatic rings. The van der Waals surface area contributed by atoms with E-state index in [9.17, 15) is 0 Å². The van der Waals surface area contributed by atoms with E-state index in [2.05, 4.69) is 27.0 Å². The first-order chi connectivity index (χ1) is 11.8. The van der Waals surface area contributed by atoms with Gasteiger partial charge in [-0.1, -0.05) is 26.2 Å². The van der Waals surface area contributed by atoms with Crippen LogP contribution in [0.4, 0.5) is 0 Å².